The van der Waals surface area contributed by atoms with Gasteiger partial charge in [0.2, 0.25) is 0 Å². The van der Waals surface area contributed by atoms with Crippen molar-refractivity contribution >= 4 is 39.0 Å². The lowest BCUT2D eigenvalue weighted by Crippen LogP contribution is -2.42. The highest BCUT2D eigenvalue weighted by molar-refractivity contribution is 7.86. The Kier molecular flexibility index (Phi) is 11.6. The van der Waals surface area contributed by atoms with E-state index >= 15 is 0 Å². The molecule has 39 heavy (non-hydrogen) atoms. The van der Waals surface area contributed by atoms with Crippen LogP contribution in [0.2, 0.25) is 10.0 Å². The molecular formula is C23H27Cl2N5O8S. The predicted molar refractivity (Wildman–Crippen MR) is 143 cm³/mol. The van der Waals surface area contributed by atoms with Gasteiger partial charge in [0.05, 0.1) is 40.8 Å². The summed E-state index contributed by atoms with van der Waals surface area (Å²) >= 11 is 11.9. The average Bonchev–Trinajstić information content (AvgIpc) is 3.75. The highest BCUT2D eigenvalue weighted by Gasteiger charge is 2.27. The fraction of sp³-hybridized carbons (Fsp3) is 0.478. The summed E-state index contributed by atoms with van der Waals surface area (Å²) < 4.78 is 38.7. The third-order valence-electron chi connectivity index (χ3n) is 5.68. The molecule has 2 aliphatic heterocycles. The monoisotopic (exact) mass is 603 g/mol. The van der Waals surface area contributed by atoms with Gasteiger partial charge in [-0.1, -0.05) is 34.4 Å². The second-order valence-electron chi connectivity index (χ2n) is 8.71. The van der Waals surface area contributed by atoms with Crippen LogP contribution in [0.4, 0.5) is 5.69 Å². The molecule has 16 heteroatoms. The predicted octanol–water partition coefficient (Wildman–Crippen LogP) is 4.21. The van der Waals surface area contributed by atoms with E-state index in [1.165, 1.54) is 18.2 Å². The summed E-state index contributed by atoms with van der Waals surface area (Å²) in [6, 6.07) is 9.97. The number of rotatable bonds is 11. The van der Waals surface area contributed by atoms with E-state index < -0.39 is 21.1 Å². The summed E-state index contributed by atoms with van der Waals surface area (Å²) in [7, 11) is -3.96. The van der Waals surface area contributed by atoms with E-state index in [1.807, 2.05) is 6.07 Å². The maximum atomic E-state index is 11.6. The largest absolute Gasteiger partial charge is 0.490 e. The number of non-ortho nitro benzene ring substituents is 1. The van der Waals surface area contributed by atoms with Crippen LogP contribution in [0.5, 0.6) is 5.75 Å². The third-order valence-corrected chi connectivity index (χ3v) is 7.70. The molecule has 0 radical (unpaired) electrons. The molecule has 1 N–H and O–H groups in total. The van der Waals surface area contributed by atoms with Gasteiger partial charge in [-0.2, -0.15) is 8.42 Å². The number of azide groups is 1. The molecule has 2 fully saturated rings. The molecule has 13 nitrogen and oxygen atoms in total. The maximum absolute atomic E-state index is 11.6. The summed E-state index contributed by atoms with van der Waals surface area (Å²) in [5.41, 5.74) is 7.94. The first-order valence-corrected chi connectivity index (χ1v) is 14.0. The fourth-order valence-electron chi connectivity index (χ4n) is 3.59. The second kappa shape index (κ2) is 14.6. The summed E-state index contributed by atoms with van der Waals surface area (Å²) in [5.74, 6) is 0.719. The number of hydrogen-bond donors (Lipinski definition) is 1. The molecule has 2 aromatic rings. The van der Waals surface area contributed by atoms with Crippen molar-refractivity contribution in [2.24, 2.45) is 5.11 Å². The number of nitrogens with zero attached hydrogens (tertiary/aromatic N) is 5. The minimum Gasteiger partial charge on any atom is -0.490 e. The molecule has 2 aliphatic rings. The minimum absolute atomic E-state index is 0.0645. The van der Waals surface area contributed by atoms with Crippen molar-refractivity contribution < 1.29 is 32.1 Å². The smallest absolute Gasteiger partial charge is 0.297 e. The topological polar surface area (TPSA) is 180 Å². The van der Waals surface area contributed by atoms with Crippen LogP contribution in [0.3, 0.4) is 0 Å². The molecule has 0 saturated carbocycles. The summed E-state index contributed by atoms with van der Waals surface area (Å²) in [5, 5.41) is 24.6. The van der Waals surface area contributed by atoms with Gasteiger partial charge in [-0.25, -0.2) is 0 Å². The van der Waals surface area contributed by atoms with Gasteiger partial charge in [0.15, 0.2) is 0 Å². The molecule has 212 valence electrons. The first-order chi connectivity index (χ1) is 18.6. The van der Waals surface area contributed by atoms with Crippen molar-refractivity contribution in [3.63, 3.8) is 0 Å². The Hall–Kier alpha value is -2.68. The van der Waals surface area contributed by atoms with Crippen LogP contribution in [-0.2, 0) is 19.0 Å². The number of aliphatic hydroxyl groups excluding tert-OH is 1. The van der Waals surface area contributed by atoms with Crippen LogP contribution in [0.1, 0.15) is 12.8 Å². The maximum Gasteiger partial charge on any atom is 0.297 e. The minimum atomic E-state index is -3.96. The fourth-order valence-corrected chi connectivity index (χ4v) is 4.85. The zero-order valence-corrected chi connectivity index (χ0v) is 23.0. The molecule has 0 bridgehead atoms. The molecule has 0 aromatic heterocycles. The number of nitro benzene ring substituents is 1. The molecule has 2 saturated heterocycles. The van der Waals surface area contributed by atoms with Gasteiger partial charge in [0.1, 0.15) is 22.9 Å². The quantitative estimate of drug-likeness (QED) is 0.0748. The van der Waals surface area contributed by atoms with Gasteiger partial charge in [0, 0.05) is 42.7 Å². The van der Waals surface area contributed by atoms with Crippen LogP contribution in [-0.4, -0.2) is 81.1 Å². The number of hydrogen-bond acceptors (Lipinski definition) is 10. The lowest BCUT2D eigenvalue weighted by Gasteiger charge is -2.33. The zero-order chi connectivity index (χ0) is 28.4. The van der Waals surface area contributed by atoms with Gasteiger partial charge < -0.3 is 19.5 Å². The van der Waals surface area contributed by atoms with Gasteiger partial charge in [0.25, 0.3) is 15.8 Å². The number of nitro groups is 1. The Bertz CT molecular complexity index is 1280. The number of ether oxygens (including phenoxy) is 2. The van der Waals surface area contributed by atoms with Crippen molar-refractivity contribution in [1.82, 2.24) is 4.90 Å². The molecule has 2 aromatic carbocycles. The number of β-amino-alcohol motifs (C(OH)–C–C–N with tert-alkyl or cyclic N) is 1. The van der Waals surface area contributed by atoms with Crippen LogP contribution in [0.25, 0.3) is 10.4 Å². The molecule has 0 aliphatic carbocycles. The van der Waals surface area contributed by atoms with E-state index in [0.29, 0.717) is 23.2 Å². The van der Waals surface area contributed by atoms with Gasteiger partial charge in [-0.3, -0.25) is 14.3 Å². The summed E-state index contributed by atoms with van der Waals surface area (Å²) in [6.07, 6.45) is 1.05. The number of likely N-dealkylation sites (tertiary alicyclic amines) is 1. The number of piperidine rings is 1. The lowest BCUT2D eigenvalue weighted by atomic mass is 10.1. The second-order valence-corrected chi connectivity index (χ2v) is 11.1. The number of epoxide rings is 1. The van der Waals surface area contributed by atoms with Gasteiger partial charge in [-0.15, -0.1) is 0 Å². The Morgan fingerprint density at radius 2 is 1.95 bits per heavy atom. The van der Waals surface area contributed by atoms with E-state index in [2.05, 4.69) is 14.9 Å². The highest BCUT2D eigenvalue weighted by atomic mass is 35.5. The summed E-state index contributed by atoms with van der Waals surface area (Å²) in [6.45, 7) is 2.70. The van der Waals surface area contributed by atoms with Crippen molar-refractivity contribution in [2.45, 2.75) is 36.0 Å². The number of benzene rings is 2. The van der Waals surface area contributed by atoms with E-state index in [0.717, 1.165) is 37.7 Å². The van der Waals surface area contributed by atoms with Gasteiger partial charge >= 0.3 is 0 Å². The van der Waals surface area contributed by atoms with E-state index in [4.69, 9.17) is 42.4 Å². The SMILES string of the molecule is O=[N+]([O-])c1cccc(S(=O)(=O)OC[C@H]2CO2)c1.[N-]=[N+]=NC[C@@H](O)CN1CCC(Oc2ccc(Cl)c(Cl)c2)CC1. The molecule has 0 amide bonds. The Balaban J connectivity index is 0.000000223. The van der Waals surface area contributed by atoms with Crippen LogP contribution in [0, 0.1) is 10.1 Å². The molecule has 0 spiro atoms. The van der Waals surface area contributed by atoms with Crippen LogP contribution in [0.15, 0.2) is 52.5 Å². The number of halogens is 2. The summed E-state index contributed by atoms with van der Waals surface area (Å²) in [4.78, 5) is 14.4. The zero-order valence-electron chi connectivity index (χ0n) is 20.6. The van der Waals surface area contributed by atoms with Crippen LogP contribution < -0.4 is 4.74 Å². The number of aliphatic hydroxyl groups is 1. The van der Waals surface area contributed by atoms with Crippen LogP contribution >= 0.6 is 23.2 Å². The standard InChI is InChI=1S/C14H18Cl2N4O2.C9H9NO6S/c15-13-2-1-12(7-14(13)16)22-11-3-5-20(6-4-11)9-10(21)8-18-19-17;11-10(12)7-2-1-3-9(4-7)17(13,14)16-6-8-5-15-8/h1-2,7,10-11,21H,3-6,8-9H2;1-4,8H,5-6H2/t10-;8-/m11/s1. The van der Waals surface area contributed by atoms with Crippen molar-refractivity contribution in [1.29, 1.82) is 0 Å². The van der Waals surface area contributed by atoms with E-state index in [-0.39, 0.29) is 35.9 Å². The van der Waals surface area contributed by atoms with Crippen molar-refractivity contribution in [3.8, 4) is 5.75 Å². The van der Waals surface area contributed by atoms with Gasteiger partial charge in [-0.05, 0) is 36.6 Å². The third kappa shape index (κ3) is 10.4. The highest BCUT2D eigenvalue weighted by Crippen LogP contribution is 2.28. The lowest BCUT2D eigenvalue weighted by molar-refractivity contribution is -0.385. The first kappa shape index (κ1) is 30.9. The Morgan fingerprint density at radius 1 is 1.23 bits per heavy atom. The molecule has 2 atom stereocenters. The first-order valence-electron chi connectivity index (χ1n) is 11.9. The van der Waals surface area contributed by atoms with E-state index in [9.17, 15) is 23.6 Å². The Morgan fingerprint density at radius 3 is 2.56 bits per heavy atom. The molecule has 2 heterocycles. The molecule has 4 rings (SSSR count). The van der Waals surface area contributed by atoms with E-state index in [1.54, 1.807) is 12.1 Å². The Labute approximate surface area is 235 Å². The average molecular weight is 604 g/mol. The molecular weight excluding hydrogens is 577 g/mol. The van der Waals surface area contributed by atoms with Crippen molar-refractivity contribution in [3.05, 3.63) is 73.1 Å². The normalized spacial score (nSPS) is 18.3. The van der Waals surface area contributed by atoms with Crippen molar-refractivity contribution in [2.75, 3.05) is 39.4 Å². The molecule has 0 unspecified atom stereocenters.